The minimum Gasteiger partial charge on any atom is -0.504 e. The molecule has 0 saturated heterocycles. The van der Waals surface area contributed by atoms with Gasteiger partial charge in [-0.3, -0.25) is 0 Å². The van der Waals surface area contributed by atoms with Crippen LogP contribution >= 0.6 is 0 Å². The molecule has 12 heteroatoms. The van der Waals surface area contributed by atoms with Crippen LogP contribution in [0.4, 0.5) is 0 Å². The quantitative estimate of drug-likeness (QED) is 0.246. The van der Waals surface area contributed by atoms with Crippen LogP contribution in [0.3, 0.4) is 0 Å². The van der Waals surface area contributed by atoms with Crippen molar-refractivity contribution in [3.8, 4) is 11.5 Å². The van der Waals surface area contributed by atoms with E-state index in [1.807, 2.05) is 0 Å². The number of aromatic hydroxyl groups is 1. The van der Waals surface area contributed by atoms with Gasteiger partial charge >= 0.3 is 5.97 Å². The van der Waals surface area contributed by atoms with Gasteiger partial charge in [0.1, 0.15) is 12.7 Å². The highest BCUT2D eigenvalue weighted by molar-refractivity contribution is 5.90. The fraction of sp³-hybridized carbons (Fsp3) is 0.500. The van der Waals surface area contributed by atoms with Crippen molar-refractivity contribution in [2.24, 2.45) is 0 Å². The molecule has 0 amide bonds. The Morgan fingerprint density at radius 1 is 1.23 bits per heavy atom. The monoisotopic (exact) mass is 374 g/mol. The van der Waals surface area contributed by atoms with Gasteiger partial charge in [0.15, 0.2) is 11.5 Å². The number of ether oxygens (including phenoxy) is 2. The molecular weight excluding hydrogens is 356 g/mol. The van der Waals surface area contributed by atoms with Crippen LogP contribution in [0.25, 0.3) is 0 Å². The number of methoxy groups -OCH3 is 1. The van der Waals surface area contributed by atoms with Gasteiger partial charge in [-0.25, -0.2) is 4.79 Å². The lowest BCUT2D eigenvalue weighted by atomic mass is 10.1. The lowest BCUT2D eigenvalue weighted by Gasteiger charge is -2.13. The molecule has 1 atom stereocenters. The van der Waals surface area contributed by atoms with Crippen molar-refractivity contribution in [1.82, 2.24) is 0 Å². The summed E-state index contributed by atoms with van der Waals surface area (Å²) < 4.78 is 9.93. The zero-order valence-corrected chi connectivity index (χ0v) is 13.9. The minimum atomic E-state index is -1.09. The normalized spacial score (nSPS) is 11.3. The van der Waals surface area contributed by atoms with Gasteiger partial charge in [0.2, 0.25) is 0 Å². The second kappa shape index (κ2) is 10.5. The molecule has 1 N–H and O–H groups in total. The Hall–Kier alpha value is -3.31. The Morgan fingerprint density at radius 3 is 2.58 bits per heavy atom. The van der Waals surface area contributed by atoms with Crippen LogP contribution < -0.4 is 4.74 Å². The molecule has 0 radical (unpaired) electrons. The summed E-state index contributed by atoms with van der Waals surface area (Å²) in [6.45, 7) is -0.537. The van der Waals surface area contributed by atoms with Crippen molar-refractivity contribution in [3.63, 3.8) is 0 Å². The number of benzene rings is 1. The van der Waals surface area contributed by atoms with E-state index >= 15 is 0 Å². The van der Waals surface area contributed by atoms with Crippen LogP contribution in [0.1, 0.15) is 29.6 Å². The molecule has 0 heterocycles. The predicted octanol–water partition coefficient (Wildman–Crippen LogP) is 1.51. The van der Waals surface area contributed by atoms with E-state index < -0.39 is 28.9 Å². The first-order valence-corrected chi connectivity index (χ1v) is 7.46. The average molecular weight is 374 g/mol. The number of hydrogen-bond acceptors (Lipinski definition) is 10. The van der Waals surface area contributed by atoms with Crippen LogP contribution in [0.5, 0.6) is 11.5 Å². The summed E-state index contributed by atoms with van der Waals surface area (Å²) in [6, 6.07) is 3.99. The number of esters is 1. The lowest BCUT2D eigenvalue weighted by Crippen LogP contribution is -2.24. The van der Waals surface area contributed by atoms with E-state index in [9.17, 15) is 30.1 Å². The third-order valence-corrected chi connectivity index (χ3v) is 3.17. The van der Waals surface area contributed by atoms with Gasteiger partial charge in [0, 0.05) is 0 Å². The standard InChI is InChI=1S/C14H18N2O10/c1-23-13-8-10(5-6-12(13)17)14(18)24-7-3-2-4-11(26-16(21)22)9-25-15(19)20/h5-6,8,11,17H,2-4,7,9H2,1H3. The second-order valence-electron chi connectivity index (χ2n) is 4.99. The van der Waals surface area contributed by atoms with Gasteiger partial charge in [-0.1, -0.05) is 0 Å². The van der Waals surface area contributed by atoms with Gasteiger partial charge in [-0.2, -0.15) is 0 Å². The van der Waals surface area contributed by atoms with E-state index in [-0.39, 0.29) is 30.1 Å². The molecule has 1 aromatic rings. The molecule has 0 bridgehead atoms. The summed E-state index contributed by atoms with van der Waals surface area (Å²) in [5, 5.41) is 27.8. The number of hydrogen-bond donors (Lipinski definition) is 1. The van der Waals surface area contributed by atoms with E-state index in [1.54, 1.807) is 0 Å². The topological polar surface area (TPSA) is 160 Å². The average Bonchev–Trinajstić information content (AvgIpc) is 2.58. The molecule has 0 saturated carbocycles. The Kier molecular flexibility index (Phi) is 8.40. The molecule has 1 aromatic carbocycles. The Morgan fingerprint density at radius 2 is 1.96 bits per heavy atom. The number of carbonyl (C=O) groups excluding carboxylic acids is 1. The maximum atomic E-state index is 11.9. The highest BCUT2D eigenvalue weighted by Gasteiger charge is 2.16. The largest absolute Gasteiger partial charge is 0.504 e. The molecule has 0 aliphatic heterocycles. The van der Waals surface area contributed by atoms with Gasteiger partial charge < -0.3 is 24.3 Å². The number of unbranched alkanes of at least 4 members (excludes halogenated alkanes) is 1. The number of phenols is 1. The van der Waals surface area contributed by atoms with Crippen LogP contribution in [0.15, 0.2) is 18.2 Å². The van der Waals surface area contributed by atoms with E-state index in [4.69, 9.17) is 9.47 Å². The highest BCUT2D eigenvalue weighted by atomic mass is 17.0. The first-order valence-electron chi connectivity index (χ1n) is 7.46. The fourth-order valence-corrected chi connectivity index (χ4v) is 1.96. The summed E-state index contributed by atoms with van der Waals surface area (Å²) >= 11 is 0. The predicted molar refractivity (Wildman–Crippen MR) is 83.6 cm³/mol. The molecule has 0 aromatic heterocycles. The molecule has 1 rings (SSSR count). The molecule has 1 unspecified atom stereocenters. The van der Waals surface area contributed by atoms with Crippen molar-refractivity contribution in [3.05, 3.63) is 44.0 Å². The molecular formula is C14H18N2O10. The summed E-state index contributed by atoms with van der Waals surface area (Å²) in [4.78, 5) is 40.7. The molecule has 0 aliphatic rings. The maximum absolute atomic E-state index is 11.9. The van der Waals surface area contributed by atoms with Crippen molar-refractivity contribution >= 4 is 5.97 Å². The van der Waals surface area contributed by atoms with E-state index in [2.05, 4.69) is 9.68 Å². The number of carbonyl (C=O) groups is 1. The smallest absolute Gasteiger partial charge is 0.338 e. The molecule has 26 heavy (non-hydrogen) atoms. The Bertz CT molecular complexity index is 636. The van der Waals surface area contributed by atoms with Crippen LogP contribution in [0.2, 0.25) is 0 Å². The summed E-state index contributed by atoms with van der Waals surface area (Å²) in [7, 11) is 1.34. The molecule has 0 fully saturated rings. The Balaban J connectivity index is 2.36. The van der Waals surface area contributed by atoms with Gasteiger partial charge in [0.05, 0.1) is 19.3 Å². The summed E-state index contributed by atoms with van der Waals surface area (Å²) in [6.07, 6.45) is -0.269. The van der Waals surface area contributed by atoms with Gasteiger partial charge in [0.25, 0.3) is 10.2 Å². The second-order valence-corrected chi connectivity index (χ2v) is 4.99. The first-order chi connectivity index (χ1) is 12.3. The highest BCUT2D eigenvalue weighted by Crippen LogP contribution is 2.26. The van der Waals surface area contributed by atoms with Crippen LogP contribution in [-0.4, -0.2) is 47.7 Å². The molecule has 144 valence electrons. The van der Waals surface area contributed by atoms with E-state index in [1.165, 1.54) is 25.3 Å². The summed E-state index contributed by atoms with van der Waals surface area (Å²) in [5.74, 6) is -0.610. The van der Waals surface area contributed by atoms with Crippen molar-refractivity contribution in [1.29, 1.82) is 0 Å². The van der Waals surface area contributed by atoms with E-state index in [0.717, 1.165) is 0 Å². The zero-order valence-electron chi connectivity index (χ0n) is 13.9. The van der Waals surface area contributed by atoms with E-state index in [0.29, 0.717) is 12.8 Å². The Labute approximate surface area is 147 Å². The first kappa shape index (κ1) is 20.7. The van der Waals surface area contributed by atoms with Crippen molar-refractivity contribution in [2.75, 3.05) is 20.3 Å². The molecule has 12 nitrogen and oxygen atoms in total. The maximum Gasteiger partial charge on any atom is 0.338 e. The van der Waals surface area contributed by atoms with Crippen molar-refractivity contribution in [2.45, 2.75) is 25.4 Å². The zero-order chi connectivity index (χ0) is 19.5. The van der Waals surface area contributed by atoms with Gasteiger partial charge in [-0.05, 0) is 37.5 Å². The molecule has 0 spiro atoms. The number of rotatable bonds is 12. The van der Waals surface area contributed by atoms with Crippen LogP contribution in [0, 0.1) is 20.2 Å². The fourth-order valence-electron chi connectivity index (χ4n) is 1.96. The minimum absolute atomic E-state index is 0.0311. The third kappa shape index (κ3) is 7.51. The lowest BCUT2D eigenvalue weighted by molar-refractivity contribution is -0.790. The SMILES string of the molecule is COc1cc(C(=O)OCCCCC(CO[N+](=O)[O-])O[N+](=O)[O-])ccc1O. The summed E-state index contributed by atoms with van der Waals surface area (Å²) in [5.41, 5.74) is 0.189. The molecule has 0 aliphatic carbocycles. The number of nitrogens with zero attached hydrogens (tertiary/aromatic N) is 2. The van der Waals surface area contributed by atoms with Gasteiger partial charge in [-0.15, -0.1) is 20.2 Å². The number of phenolic OH excluding ortho intramolecular Hbond substituents is 1. The third-order valence-electron chi connectivity index (χ3n) is 3.17. The van der Waals surface area contributed by atoms with Crippen molar-refractivity contribution < 1.29 is 39.2 Å². The van der Waals surface area contributed by atoms with Crippen LogP contribution in [-0.2, 0) is 14.4 Å².